The third-order valence-corrected chi connectivity index (χ3v) is 5.39. The van der Waals surface area contributed by atoms with E-state index in [1.807, 2.05) is 25.1 Å². The van der Waals surface area contributed by atoms with E-state index >= 15 is 0 Å². The lowest BCUT2D eigenvalue weighted by Crippen LogP contribution is -2.34. The van der Waals surface area contributed by atoms with E-state index in [9.17, 15) is 9.59 Å². The summed E-state index contributed by atoms with van der Waals surface area (Å²) in [6, 6.07) is 17.1. The number of thiazole rings is 1. The number of rotatable bonds is 9. The van der Waals surface area contributed by atoms with Crippen molar-refractivity contribution in [3.63, 3.8) is 0 Å². The monoisotopic (exact) mass is 423 g/mol. The number of nitrogens with one attached hydrogen (secondary N) is 2. The van der Waals surface area contributed by atoms with Gasteiger partial charge in [0.15, 0.2) is 5.13 Å². The fourth-order valence-electron chi connectivity index (χ4n) is 2.95. The minimum Gasteiger partial charge on any atom is -0.497 e. The molecular formula is C23H25N3O3S. The van der Waals surface area contributed by atoms with Crippen LogP contribution in [0.4, 0.5) is 5.13 Å². The maximum atomic E-state index is 12.3. The van der Waals surface area contributed by atoms with Gasteiger partial charge >= 0.3 is 0 Å². The molecule has 1 aromatic heterocycles. The molecule has 1 unspecified atom stereocenters. The maximum absolute atomic E-state index is 12.3. The second kappa shape index (κ2) is 10.5. The molecule has 0 spiro atoms. The van der Waals surface area contributed by atoms with Crippen LogP contribution in [0.1, 0.15) is 35.0 Å². The van der Waals surface area contributed by atoms with Gasteiger partial charge in [-0.05, 0) is 49.6 Å². The summed E-state index contributed by atoms with van der Waals surface area (Å²) in [5.74, 6) is 0.360. The Labute approximate surface area is 180 Å². The molecule has 156 valence electrons. The van der Waals surface area contributed by atoms with Crippen molar-refractivity contribution < 1.29 is 14.3 Å². The van der Waals surface area contributed by atoms with Gasteiger partial charge in [-0.2, -0.15) is 0 Å². The lowest BCUT2D eigenvalue weighted by molar-refractivity contribution is -0.121. The van der Waals surface area contributed by atoms with E-state index in [1.165, 1.54) is 16.9 Å². The summed E-state index contributed by atoms with van der Waals surface area (Å²) in [7, 11) is 1.58. The molecule has 2 amide bonds. The van der Waals surface area contributed by atoms with Gasteiger partial charge < -0.3 is 10.1 Å². The van der Waals surface area contributed by atoms with Crippen LogP contribution in [0.2, 0.25) is 0 Å². The molecule has 1 atom stereocenters. The summed E-state index contributed by atoms with van der Waals surface area (Å²) in [5.41, 5.74) is 2.41. The minimum atomic E-state index is -0.252. The summed E-state index contributed by atoms with van der Waals surface area (Å²) in [4.78, 5) is 29.0. The average Bonchev–Trinajstić information content (AvgIpc) is 3.19. The van der Waals surface area contributed by atoms with Gasteiger partial charge in [-0.15, -0.1) is 11.3 Å². The standard InChI is InChI=1S/C23H25N3O3S/c1-16(8-9-17-6-4-3-5-7-17)24-21(27)14-19-15-30-23(25-19)26-22(28)18-10-12-20(29-2)13-11-18/h3-7,10-13,15-16H,8-9,14H2,1-2H3,(H,24,27)(H,25,26,28). The first kappa shape index (κ1) is 21.5. The van der Waals surface area contributed by atoms with Crippen molar-refractivity contribution in [2.75, 3.05) is 12.4 Å². The van der Waals surface area contributed by atoms with Crippen LogP contribution in [0, 0.1) is 0 Å². The van der Waals surface area contributed by atoms with Gasteiger partial charge in [0.25, 0.3) is 5.91 Å². The normalized spacial score (nSPS) is 11.5. The van der Waals surface area contributed by atoms with E-state index in [2.05, 4.69) is 27.8 Å². The molecule has 2 N–H and O–H groups in total. The number of carbonyl (C=O) groups excluding carboxylic acids is 2. The lowest BCUT2D eigenvalue weighted by atomic mass is 10.1. The Balaban J connectivity index is 1.45. The van der Waals surface area contributed by atoms with E-state index in [4.69, 9.17) is 4.74 Å². The summed E-state index contributed by atoms with van der Waals surface area (Å²) in [6.07, 6.45) is 1.97. The van der Waals surface area contributed by atoms with E-state index in [0.717, 1.165) is 12.8 Å². The average molecular weight is 424 g/mol. The molecule has 0 aliphatic rings. The number of aromatic nitrogens is 1. The van der Waals surface area contributed by atoms with Crippen LogP contribution in [-0.4, -0.2) is 29.9 Å². The van der Waals surface area contributed by atoms with Gasteiger partial charge in [0.05, 0.1) is 19.2 Å². The highest BCUT2D eigenvalue weighted by Gasteiger charge is 2.13. The third kappa shape index (κ3) is 6.42. The fraction of sp³-hybridized carbons (Fsp3) is 0.261. The van der Waals surface area contributed by atoms with Gasteiger partial charge in [-0.25, -0.2) is 4.98 Å². The maximum Gasteiger partial charge on any atom is 0.257 e. The summed E-state index contributed by atoms with van der Waals surface area (Å²) in [5, 5.41) is 8.03. The molecule has 0 fully saturated rings. The molecule has 0 bridgehead atoms. The van der Waals surface area contributed by atoms with Gasteiger partial charge in [-0.3, -0.25) is 14.9 Å². The van der Waals surface area contributed by atoms with Crippen molar-refractivity contribution >= 4 is 28.3 Å². The van der Waals surface area contributed by atoms with E-state index in [0.29, 0.717) is 22.1 Å². The van der Waals surface area contributed by atoms with Gasteiger partial charge in [0.1, 0.15) is 5.75 Å². The van der Waals surface area contributed by atoms with Crippen molar-refractivity contribution in [3.8, 4) is 5.75 Å². The Morgan fingerprint density at radius 2 is 1.83 bits per heavy atom. The van der Waals surface area contributed by atoms with Crippen molar-refractivity contribution in [2.45, 2.75) is 32.2 Å². The van der Waals surface area contributed by atoms with Crippen LogP contribution in [0.25, 0.3) is 0 Å². The van der Waals surface area contributed by atoms with Gasteiger partial charge in [-0.1, -0.05) is 30.3 Å². The highest BCUT2D eigenvalue weighted by Crippen LogP contribution is 2.18. The number of nitrogens with zero attached hydrogens (tertiary/aromatic N) is 1. The number of anilines is 1. The highest BCUT2D eigenvalue weighted by molar-refractivity contribution is 7.14. The Morgan fingerprint density at radius 1 is 1.10 bits per heavy atom. The number of ether oxygens (including phenoxy) is 1. The first-order valence-electron chi connectivity index (χ1n) is 9.76. The largest absolute Gasteiger partial charge is 0.497 e. The number of methoxy groups -OCH3 is 1. The van der Waals surface area contributed by atoms with Crippen molar-refractivity contribution in [3.05, 3.63) is 76.8 Å². The van der Waals surface area contributed by atoms with Gasteiger partial charge in [0.2, 0.25) is 5.91 Å². The minimum absolute atomic E-state index is 0.0746. The number of hydrogen-bond donors (Lipinski definition) is 2. The molecular weight excluding hydrogens is 398 g/mol. The summed E-state index contributed by atoms with van der Waals surface area (Å²) in [6.45, 7) is 2.00. The first-order valence-corrected chi connectivity index (χ1v) is 10.6. The lowest BCUT2D eigenvalue weighted by Gasteiger charge is -2.13. The SMILES string of the molecule is COc1ccc(C(=O)Nc2nc(CC(=O)NC(C)CCc3ccccc3)cs2)cc1. The topological polar surface area (TPSA) is 80.3 Å². The molecule has 30 heavy (non-hydrogen) atoms. The number of hydrogen-bond acceptors (Lipinski definition) is 5. The smallest absolute Gasteiger partial charge is 0.257 e. The van der Waals surface area contributed by atoms with E-state index < -0.39 is 0 Å². The quantitative estimate of drug-likeness (QED) is 0.543. The predicted molar refractivity (Wildman–Crippen MR) is 119 cm³/mol. The van der Waals surface area contributed by atoms with E-state index in [1.54, 1.807) is 36.8 Å². The number of aryl methyl sites for hydroxylation is 1. The summed E-state index contributed by atoms with van der Waals surface area (Å²) >= 11 is 1.30. The fourth-order valence-corrected chi connectivity index (χ4v) is 3.65. The second-order valence-electron chi connectivity index (χ2n) is 7.00. The zero-order valence-electron chi connectivity index (χ0n) is 17.1. The van der Waals surface area contributed by atoms with Crippen molar-refractivity contribution in [1.82, 2.24) is 10.3 Å². The molecule has 0 radical (unpaired) electrons. The van der Waals surface area contributed by atoms with Crippen LogP contribution >= 0.6 is 11.3 Å². The first-order chi connectivity index (χ1) is 14.5. The molecule has 0 saturated heterocycles. The zero-order valence-corrected chi connectivity index (χ0v) is 17.9. The summed E-state index contributed by atoms with van der Waals surface area (Å²) < 4.78 is 5.09. The number of carbonyl (C=O) groups is 2. The number of amides is 2. The van der Waals surface area contributed by atoms with Crippen molar-refractivity contribution in [2.24, 2.45) is 0 Å². The van der Waals surface area contributed by atoms with Crippen LogP contribution in [0.3, 0.4) is 0 Å². The Bertz CT molecular complexity index is 971. The molecule has 0 aliphatic carbocycles. The van der Waals surface area contributed by atoms with Crippen LogP contribution < -0.4 is 15.4 Å². The van der Waals surface area contributed by atoms with Gasteiger partial charge in [0, 0.05) is 17.0 Å². The molecule has 7 heteroatoms. The third-order valence-electron chi connectivity index (χ3n) is 4.58. The Hall–Kier alpha value is -3.19. The predicted octanol–water partition coefficient (Wildman–Crippen LogP) is 4.08. The second-order valence-corrected chi connectivity index (χ2v) is 7.85. The Morgan fingerprint density at radius 3 is 2.53 bits per heavy atom. The molecule has 6 nitrogen and oxygen atoms in total. The number of benzene rings is 2. The van der Waals surface area contributed by atoms with Crippen LogP contribution in [-0.2, 0) is 17.6 Å². The molecule has 3 aromatic rings. The van der Waals surface area contributed by atoms with Crippen molar-refractivity contribution in [1.29, 1.82) is 0 Å². The molecule has 3 rings (SSSR count). The van der Waals surface area contributed by atoms with Crippen LogP contribution in [0.15, 0.2) is 60.0 Å². The molecule has 1 heterocycles. The Kier molecular flexibility index (Phi) is 7.57. The van der Waals surface area contributed by atoms with Crippen LogP contribution in [0.5, 0.6) is 5.75 Å². The molecule has 0 saturated carbocycles. The zero-order chi connectivity index (χ0) is 21.3. The van der Waals surface area contributed by atoms with E-state index in [-0.39, 0.29) is 24.3 Å². The molecule has 2 aromatic carbocycles. The molecule has 0 aliphatic heterocycles. The highest BCUT2D eigenvalue weighted by atomic mass is 32.1.